The van der Waals surface area contributed by atoms with E-state index in [1.807, 2.05) is 19.9 Å². The third-order valence-electron chi connectivity index (χ3n) is 3.27. The monoisotopic (exact) mass is 485 g/mol. The van der Waals surface area contributed by atoms with E-state index in [2.05, 4.69) is 31.8 Å². The molecule has 148 valence electrons. The molecule has 0 aliphatic carbocycles. The van der Waals surface area contributed by atoms with E-state index in [1.165, 1.54) is 6.21 Å². The minimum absolute atomic E-state index is 0.00933. The van der Waals surface area contributed by atoms with Crippen LogP contribution in [0.1, 0.15) is 25.8 Å². The van der Waals surface area contributed by atoms with Gasteiger partial charge in [-0.1, -0.05) is 45.2 Å². The number of anilines is 1. The van der Waals surface area contributed by atoms with E-state index in [9.17, 15) is 9.59 Å². The Morgan fingerprint density at radius 3 is 2.68 bits per heavy atom. The van der Waals surface area contributed by atoms with E-state index in [0.29, 0.717) is 22.0 Å². The number of amides is 2. The number of hydrogen-bond donors (Lipinski definition) is 2. The van der Waals surface area contributed by atoms with Crippen LogP contribution in [-0.4, -0.2) is 24.1 Å². The molecule has 0 fully saturated rings. The first kappa shape index (κ1) is 22.2. The smallest absolute Gasteiger partial charge is 0.249 e. The Labute approximate surface area is 181 Å². The molecule has 0 aromatic heterocycles. The fourth-order valence-electron chi connectivity index (χ4n) is 2.14. The predicted molar refractivity (Wildman–Crippen MR) is 115 cm³/mol. The molecule has 0 saturated heterocycles. The lowest BCUT2D eigenvalue weighted by atomic mass is 10.2. The van der Waals surface area contributed by atoms with Gasteiger partial charge in [0.25, 0.3) is 0 Å². The molecule has 0 bridgehead atoms. The van der Waals surface area contributed by atoms with Crippen LogP contribution in [0.3, 0.4) is 0 Å². The zero-order valence-electron chi connectivity index (χ0n) is 15.1. The second-order valence-corrected chi connectivity index (χ2v) is 7.67. The number of rotatable bonds is 7. The third-order valence-corrected chi connectivity index (χ3v) is 4.59. The van der Waals surface area contributed by atoms with Crippen molar-refractivity contribution in [2.75, 3.05) is 5.32 Å². The number of ether oxygens (including phenoxy) is 1. The number of carbonyl (C=O) groups is 2. The van der Waals surface area contributed by atoms with Crippen LogP contribution < -0.4 is 15.5 Å². The van der Waals surface area contributed by atoms with Gasteiger partial charge in [-0.3, -0.25) is 9.59 Å². The van der Waals surface area contributed by atoms with Crippen molar-refractivity contribution in [3.05, 3.63) is 56.5 Å². The summed E-state index contributed by atoms with van der Waals surface area (Å²) in [5.74, 6) is -0.485. The number of halogens is 3. The lowest BCUT2D eigenvalue weighted by Gasteiger charge is -2.12. The fourth-order valence-corrected chi connectivity index (χ4v) is 2.86. The molecule has 2 N–H and O–H groups in total. The summed E-state index contributed by atoms with van der Waals surface area (Å²) in [4.78, 5) is 23.9. The first-order chi connectivity index (χ1) is 13.3. The first-order valence-electron chi connectivity index (χ1n) is 8.28. The summed E-state index contributed by atoms with van der Waals surface area (Å²) in [5.41, 5.74) is 3.33. The number of hydrazone groups is 1. The highest BCUT2D eigenvalue weighted by atomic mass is 79.9. The lowest BCUT2D eigenvalue weighted by Crippen LogP contribution is -2.24. The van der Waals surface area contributed by atoms with Crippen LogP contribution in [0.25, 0.3) is 0 Å². The Hall–Kier alpha value is -2.09. The number of carbonyl (C=O) groups excluding carboxylic acids is 2. The van der Waals surface area contributed by atoms with Crippen LogP contribution in [0.15, 0.2) is 46.0 Å². The Kier molecular flexibility index (Phi) is 8.29. The summed E-state index contributed by atoms with van der Waals surface area (Å²) in [6, 6.07) is 10.3. The molecule has 9 heteroatoms. The molecule has 2 amide bonds. The van der Waals surface area contributed by atoms with Gasteiger partial charge in [0.15, 0.2) is 0 Å². The Morgan fingerprint density at radius 1 is 1.21 bits per heavy atom. The maximum Gasteiger partial charge on any atom is 0.249 e. The highest BCUT2D eigenvalue weighted by Gasteiger charge is 2.12. The number of nitrogens with one attached hydrogen (secondary N) is 2. The second-order valence-electron chi connectivity index (χ2n) is 5.97. The summed E-state index contributed by atoms with van der Waals surface area (Å²) in [7, 11) is 0. The molecule has 6 nitrogen and oxygen atoms in total. The summed E-state index contributed by atoms with van der Waals surface area (Å²) in [6.07, 6.45) is 1.02. The van der Waals surface area contributed by atoms with Gasteiger partial charge in [-0.05, 0) is 44.2 Å². The van der Waals surface area contributed by atoms with Gasteiger partial charge < -0.3 is 10.1 Å². The fraction of sp³-hybridized carbons (Fsp3) is 0.211. The van der Waals surface area contributed by atoms with Crippen molar-refractivity contribution in [2.24, 2.45) is 5.10 Å². The van der Waals surface area contributed by atoms with Crippen molar-refractivity contribution in [1.82, 2.24) is 5.43 Å². The minimum Gasteiger partial charge on any atom is -0.490 e. The largest absolute Gasteiger partial charge is 0.490 e. The Bertz CT molecular complexity index is 904. The maximum atomic E-state index is 12.0. The minimum atomic E-state index is -0.576. The van der Waals surface area contributed by atoms with Gasteiger partial charge in [-0.2, -0.15) is 5.10 Å². The topological polar surface area (TPSA) is 79.8 Å². The number of hydrogen-bond acceptors (Lipinski definition) is 4. The van der Waals surface area contributed by atoms with E-state index < -0.39 is 18.2 Å². The van der Waals surface area contributed by atoms with Crippen molar-refractivity contribution in [2.45, 2.75) is 26.4 Å². The zero-order valence-corrected chi connectivity index (χ0v) is 18.2. The summed E-state index contributed by atoms with van der Waals surface area (Å²) in [5, 5.41) is 6.94. The van der Waals surface area contributed by atoms with Crippen molar-refractivity contribution >= 4 is 62.8 Å². The lowest BCUT2D eigenvalue weighted by molar-refractivity contribution is -0.126. The quantitative estimate of drug-likeness (QED) is 0.327. The van der Waals surface area contributed by atoms with Crippen LogP contribution in [0, 0.1) is 0 Å². The van der Waals surface area contributed by atoms with Crippen LogP contribution in [-0.2, 0) is 9.59 Å². The molecule has 0 unspecified atom stereocenters. The second kappa shape index (κ2) is 10.5. The third kappa shape index (κ3) is 6.82. The number of benzene rings is 2. The highest BCUT2D eigenvalue weighted by Crippen LogP contribution is 2.29. The standard InChI is InChI=1S/C19H18BrCl2N3O3/c1-11(2)28-16-7-6-13(20)8-12(16)10-23-25-18(27)9-17(26)24-15-5-3-4-14(21)19(15)22/h3-8,10-11H,9H2,1-2H3,(H,24,26)(H,25,27). The van der Waals surface area contributed by atoms with E-state index in [4.69, 9.17) is 27.9 Å². The average molecular weight is 487 g/mol. The van der Waals surface area contributed by atoms with Gasteiger partial charge in [-0.15, -0.1) is 0 Å². The van der Waals surface area contributed by atoms with Gasteiger partial charge >= 0.3 is 0 Å². The van der Waals surface area contributed by atoms with Gasteiger partial charge in [0, 0.05) is 10.0 Å². The molecular formula is C19H18BrCl2N3O3. The molecule has 0 aliphatic rings. The normalized spacial score (nSPS) is 10.9. The van der Waals surface area contributed by atoms with Gasteiger partial charge in [-0.25, -0.2) is 5.43 Å². The summed E-state index contributed by atoms with van der Waals surface area (Å²) >= 11 is 15.3. The van der Waals surface area contributed by atoms with Gasteiger partial charge in [0.05, 0.1) is 28.1 Å². The highest BCUT2D eigenvalue weighted by molar-refractivity contribution is 9.10. The van der Waals surface area contributed by atoms with Crippen LogP contribution in [0.4, 0.5) is 5.69 Å². The molecule has 0 aliphatic heterocycles. The molecule has 2 aromatic rings. The maximum absolute atomic E-state index is 12.0. The van der Waals surface area contributed by atoms with Crippen LogP contribution in [0.5, 0.6) is 5.75 Å². The van der Waals surface area contributed by atoms with Crippen molar-refractivity contribution in [3.63, 3.8) is 0 Å². The average Bonchev–Trinajstić information content (AvgIpc) is 2.61. The summed E-state index contributed by atoms with van der Waals surface area (Å²) in [6.45, 7) is 3.82. The van der Waals surface area contributed by atoms with Gasteiger partial charge in [0.2, 0.25) is 11.8 Å². The Morgan fingerprint density at radius 2 is 1.96 bits per heavy atom. The molecule has 0 saturated carbocycles. The molecule has 0 heterocycles. The van der Waals surface area contributed by atoms with E-state index in [0.717, 1.165) is 4.47 Å². The SMILES string of the molecule is CC(C)Oc1ccc(Br)cc1C=NNC(=O)CC(=O)Nc1cccc(Cl)c1Cl. The summed E-state index contributed by atoms with van der Waals surface area (Å²) < 4.78 is 6.54. The van der Waals surface area contributed by atoms with E-state index in [1.54, 1.807) is 30.3 Å². The van der Waals surface area contributed by atoms with Crippen LogP contribution >= 0.6 is 39.1 Å². The van der Waals surface area contributed by atoms with Crippen molar-refractivity contribution in [3.8, 4) is 5.75 Å². The van der Waals surface area contributed by atoms with Gasteiger partial charge in [0.1, 0.15) is 12.2 Å². The van der Waals surface area contributed by atoms with E-state index >= 15 is 0 Å². The molecule has 28 heavy (non-hydrogen) atoms. The molecule has 0 atom stereocenters. The predicted octanol–water partition coefficient (Wildman–Crippen LogP) is 5.02. The van der Waals surface area contributed by atoms with E-state index in [-0.39, 0.29) is 11.1 Å². The van der Waals surface area contributed by atoms with Crippen LogP contribution in [0.2, 0.25) is 10.0 Å². The molecular weight excluding hydrogens is 469 g/mol. The molecule has 0 radical (unpaired) electrons. The molecule has 2 rings (SSSR count). The van der Waals surface area contributed by atoms with Crippen molar-refractivity contribution < 1.29 is 14.3 Å². The van der Waals surface area contributed by atoms with Crippen molar-refractivity contribution in [1.29, 1.82) is 0 Å². The Balaban J connectivity index is 1.94. The molecule has 2 aromatic carbocycles. The first-order valence-corrected chi connectivity index (χ1v) is 9.83. The molecule has 0 spiro atoms. The zero-order chi connectivity index (χ0) is 20.7. The number of nitrogens with zero attached hydrogens (tertiary/aromatic N) is 1.